The van der Waals surface area contributed by atoms with Gasteiger partial charge in [0.2, 0.25) is 0 Å². The second-order valence-corrected chi connectivity index (χ2v) is 7.05. The van der Waals surface area contributed by atoms with Crippen LogP contribution in [0.3, 0.4) is 0 Å². The molecule has 34 heavy (non-hydrogen) atoms. The molecule has 1 heterocycles. The highest BCUT2D eigenvalue weighted by atomic mass is 16.5. The van der Waals surface area contributed by atoms with Crippen molar-refractivity contribution in [3.8, 4) is 23.3 Å². The third-order valence-electron chi connectivity index (χ3n) is 4.73. The van der Waals surface area contributed by atoms with Crippen molar-refractivity contribution < 1.29 is 23.7 Å². The minimum atomic E-state index is -0.514. The third kappa shape index (κ3) is 5.35. The highest BCUT2D eigenvalue weighted by Gasteiger charge is 2.17. The first-order chi connectivity index (χ1) is 16.5. The fraction of sp³-hybridized carbons (Fsp3) is 0.280. The molecule has 0 atom stereocenters. The van der Waals surface area contributed by atoms with Crippen LogP contribution in [0.1, 0.15) is 29.8 Å². The van der Waals surface area contributed by atoms with E-state index in [-0.39, 0.29) is 12.3 Å². The topological polar surface area (TPSA) is 106 Å². The number of esters is 1. The number of carbonyl (C=O) groups excluding carboxylic acids is 1. The molecule has 0 radical (unpaired) electrons. The number of rotatable bonds is 10. The van der Waals surface area contributed by atoms with Gasteiger partial charge < -0.3 is 23.8 Å². The Labute approximate surface area is 198 Å². The molecular formula is C25H26N4O5. The lowest BCUT2D eigenvalue weighted by Gasteiger charge is -2.17. The first-order valence-electron chi connectivity index (χ1n) is 10.7. The van der Waals surface area contributed by atoms with Crippen molar-refractivity contribution in [1.82, 2.24) is 9.88 Å². The van der Waals surface area contributed by atoms with E-state index in [0.29, 0.717) is 52.6 Å². The van der Waals surface area contributed by atoms with Crippen molar-refractivity contribution in [2.24, 2.45) is 4.99 Å². The van der Waals surface area contributed by atoms with E-state index in [4.69, 9.17) is 18.9 Å². The molecular weight excluding hydrogens is 436 g/mol. The van der Waals surface area contributed by atoms with Crippen molar-refractivity contribution in [3.63, 3.8) is 0 Å². The molecule has 9 nitrogen and oxygen atoms in total. The Morgan fingerprint density at radius 3 is 2.53 bits per heavy atom. The summed E-state index contributed by atoms with van der Waals surface area (Å²) in [5.74, 6) is 0.970. The van der Waals surface area contributed by atoms with Crippen molar-refractivity contribution in [2.45, 2.75) is 13.8 Å². The Bertz CT molecular complexity index is 1240. The number of fused-ring (bicyclic) bond motifs is 1. The summed E-state index contributed by atoms with van der Waals surface area (Å²) in [6.07, 6.45) is 2.99. The number of para-hydroxylation sites is 2. The largest absolute Gasteiger partial charge is 0.492 e. The van der Waals surface area contributed by atoms with Gasteiger partial charge in [0.05, 0.1) is 32.2 Å². The quantitative estimate of drug-likeness (QED) is 0.190. The molecule has 0 saturated carbocycles. The van der Waals surface area contributed by atoms with Crippen LogP contribution >= 0.6 is 0 Å². The molecule has 0 aliphatic rings. The molecule has 3 aromatic rings. The minimum Gasteiger partial charge on any atom is -0.492 e. The van der Waals surface area contributed by atoms with Gasteiger partial charge in [0, 0.05) is 18.6 Å². The maximum Gasteiger partial charge on any atom is 0.340 e. The van der Waals surface area contributed by atoms with Gasteiger partial charge in [-0.1, -0.05) is 12.1 Å². The van der Waals surface area contributed by atoms with Crippen LogP contribution in [-0.2, 0) is 4.74 Å². The van der Waals surface area contributed by atoms with E-state index in [1.54, 1.807) is 30.1 Å². The van der Waals surface area contributed by atoms with Gasteiger partial charge in [0.1, 0.15) is 34.3 Å². The number of hydrogen-bond acceptors (Lipinski definition) is 8. The lowest BCUT2D eigenvalue weighted by atomic mass is 10.1. The van der Waals surface area contributed by atoms with Gasteiger partial charge in [0.15, 0.2) is 12.5 Å². The number of carbonyl (C=O) groups is 1. The minimum absolute atomic E-state index is 0.0838. The summed E-state index contributed by atoms with van der Waals surface area (Å²) >= 11 is 0. The average molecular weight is 463 g/mol. The van der Waals surface area contributed by atoms with Gasteiger partial charge in [-0.3, -0.25) is 4.98 Å². The zero-order valence-electron chi connectivity index (χ0n) is 19.6. The van der Waals surface area contributed by atoms with Gasteiger partial charge in [-0.2, -0.15) is 5.26 Å². The summed E-state index contributed by atoms with van der Waals surface area (Å²) in [5, 5.41) is 10.2. The number of methoxy groups -OCH3 is 1. The predicted octanol–water partition coefficient (Wildman–Crippen LogP) is 4.32. The summed E-state index contributed by atoms with van der Waals surface area (Å²) in [5.41, 5.74) is 1.56. The number of nitriles is 1. The van der Waals surface area contributed by atoms with Crippen molar-refractivity contribution >= 4 is 28.9 Å². The van der Waals surface area contributed by atoms with Gasteiger partial charge >= 0.3 is 5.97 Å². The van der Waals surface area contributed by atoms with Gasteiger partial charge in [-0.15, -0.1) is 0 Å². The standard InChI is InChI=1S/C25H26N4O5/c1-5-32-20-11-7-9-18-22(20)27-14-17(13-26)24(18)34-16-29(3)15-28-23-19(25(30)31-4)10-8-12-21(23)33-6-2/h7-12,14-15H,5-6,16H2,1-4H3/b28-15+. The van der Waals surface area contributed by atoms with E-state index >= 15 is 0 Å². The van der Waals surface area contributed by atoms with Crippen LogP contribution in [0.25, 0.3) is 10.9 Å². The van der Waals surface area contributed by atoms with E-state index in [1.165, 1.54) is 19.6 Å². The molecule has 176 valence electrons. The molecule has 0 fully saturated rings. The van der Waals surface area contributed by atoms with Crippen molar-refractivity contribution in [1.29, 1.82) is 5.26 Å². The van der Waals surface area contributed by atoms with E-state index in [1.807, 2.05) is 32.0 Å². The van der Waals surface area contributed by atoms with Crippen molar-refractivity contribution in [2.75, 3.05) is 34.1 Å². The van der Waals surface area contributed by atoms with Crippen LogP contribution in [0.2, 0.25) is 0 Å². The Morgan fingerprint density at radius 2 is 1.82 bits per heavy atom. The molecule has 0 aliphatic carbocycles. The number of aromatic nitrogens is 1. The van der Waals surface area contributed by atoms with Gasteiger partial charge in [0.25, 0.3) is 0 Å². The number of ether oxygens (including phenoxy) is 4. The zero-order valence-corrected chi connectivity index (χ0v) is 19.6. The van der Waals surface area contributed by atoms with E-state index in [0.717, 1.165) is 0 Å². The smallest absolute Gasteiger partial charge is 0.340 e. The molecule has 0 bridgehead atoms. The summed E-state index contributed by atoms with van der Waals surface area (Å²) in [6.45, 7) is 4.74. The lowest BCUT2D eigenvalue weighted by Crippen LogP contribution is -2.22. The summed E-state index contributed by atoms with van der Waals surface area (Å²) in [6, 6.07) is 12.7. The van der Waals surface area contributed by atoms with Crippen molar-refractivity contribution in [3.05, 3.63) is 53.7 Å². The van der Waals surface area contributed by atoms with Crippen LogP contribution in [0.5, 0.6) is 17.2 Å². The van der Waals surface area contributed by atoms with E-state index in [9.17, 15) is 10.1 Å². The van der Waals surface area contributed by atoms with E-state index < -0.39 is 5.97 Å². The van der Waals surface area contributed by atoms with Crippen LogP contribution in [0.4, 0.5) is 5.69 Å². The fourth-order valence-corrected chi connectivity index (χ4v) is 3.24. The monoisotopic (exact) mass is 462 g/mol. The first kappa shape index (κ1) is 24.3. The SMILES string of the molecule is CCOc1cccc(C(=O)OC)c1/N=C/N(C)COc1c(C#N)cnc2c(OCC)cccc12. The summed E-state index contributed by atoms with van der Waals surface area (Å²) in [4.78, 5) is 22.7. The lowest BCUT2D eigenvalue weighted by molar-refractivity contribution is 0.0601. The first-order valence-corrected chi connectivity index (χ1v) is 10.7. The fourth-order valence-electron chi connectivity index (χ4n) is 3.24. The van der Waals surface area contributed by atoms with Gasteiger partial charge in [-0.25, -0.2) is 9.79 Å². The number of hydrogen-bond donors (Lipinski definition) is 0. The molecule has 0 unspecified atom stereocenters. The van der Waals surface area contributed by atoms with Crippen LogP contribution in [0, 0.1) is 11.3 Å². The number of pyridine rings is 1. The zero-order chi connectivity index (χ0) is 24.5. The molecule has 0 N–H and O–H groups in total. The van der Waals surface area contributed by atoms with Crippen LogP contribution < -0.4 is 14.2 Å². The maximum atomic E-state index is 12.2. The van der Waals surface area contributed by atoms with Crippen LogP contribution in [0.15, 0.2) is 47.6 Å². The van der Waals surface area contributed by atoms with E-state index in [2.05, 4.69) is 16.0 Å². The van der Waals surface area contributed by atoms with Gasteiger partial charge in [-0.05, 0) is 38.1 Å². The number of benzene rings is 2. The molecule has 0 amide bonds. The Kier molecular flexibility index (Phi) is 8.24. The summed E-state index contributed by atoms with van der Waals surface area (Å²) in [7, 11) is 3.07. The second-order valence-electron chi connectivity index (χ2n) is 7.05. The number of aliphatic imine (C=N–C) groups is 1. The molecule has 0 saturated heterocycles. The molecule has 2 aromatic carbocycles. The Hall–Kier alpha value is -4.32. The number of nitrogens with zero attached hydrogens (tertiary/aromatic N) is 4. The second kappa shape index (κ2) is 11.5. The third-order valence-corrected chi connectivity index (χ3v) is 4.73. The molecule has 0 aliphatic heterocycles. The average Bonchev–Trinajstić information content (AvgIpc) is 2.86. The normalized spacial score (nSPS) is 10.7. The highest BCUT2D eigenvalue weighted by molar-refractivity contribution is 5.97. The summed E-state index contributed by atoms with van der Waals surface area (Å²) < 4.78 is 22.1. The molecule has 1 aromatic heterocycles. The predicted molar refractivity (Wildman–Crippen MR) is 128 cm³/mol. The Balaban J connectivity index is 1.86. The Morgan fingerprint density at radius 1 is 1.12 bits per heavy atom. The highest BCUT2D eigenvalue weighted by Crippen LogP contribution is 2.34. The molecule has 3 rings (SSSR count). The maximum absolute atomic E-state index is 12.2. The molecule has 9 heteroatoms. The molecule has 0 spiro atoms. The van der Waals surface area contributed by atoms with Crippen LogP contribution in [-0.4, -0.2) is 56.3 Å².